The summed E-state index contributed by atoms with van der Waals surface area (Å²) in [6, 6.07) is 7.09. The van der Waals surface area contributed by atoms with Crippen LogP contribution < -0.4 is 24.4 Å². The van der Waals surface area contributed by atoms with Gasteiger partial charge in [0.2, 0.25) is 5.79 Å². The molecule has 0 bridgehead atoms. The van der Waals surface area contributed by atoms with Crippen LogP contribution in [0, 0.1) is 6.92 Å². The van der Waals surface area contributed by atoms with Crippen molar-refractivity contribution in [2.24, 2.45) is 0 Å². The summed E-state index contributed by atoms with van der Waals surface area (Å²) in [5, 5.41) is 44.9. The number of ketones is 1. The number of carbonyl (C=O) groups is 1. The molecule has 6 rings (SSSR count). The summed E-state index contributed by atoms with van der Waals surface area (Å²) in [4.78, 5) is 27.3. The number of hydrogen-bond acceptors (Lipinski definition) is 11. The van der Waals surface area contributed by atoms with E-state index >= 15 is 0 Å². The number of aromatic hydroxyl groups is 3. The van der Waals surface area contributed by atoms with Gasteiger partial charge >= 0.3 is 0 Å². The minimum atomic E-state index is -1.97. The summed E-state index contributed by atoms with van der Waals surface area (Å²) in [5.74, 6) is -3.32. The maximum Gasteiger partial charge on any atom is 0.212 e. The molecule has 42 heavy (non-hydrogen) atoms. The molecule has 1 atom stereocenters. The lowest BCUT2D eigenvalue weighted by molar-refractivity contribution is -0.122. The number of rotatable bonds is 4. The molecule has 0 fully saturated rings. The topological polar surface area (TPSA) is 165 Å². The van der Waals surface area contributed by atoms with E-state index in [0.29, 0.717) is 5.76 Å². The van der Waals surface area contributed by atoms with Gasteiger partial charge in [0.15, 0.2) is 11.2 Å². The standard InChI is InChI=1S/C31H26O11/c1-12-6-16(32)24-20(41-12)8-13-7-17(33)25(29(40-5)21(13)27(24)35)23-15-9-14(38-3)10-19(39-4)22(15)28(36)26-18(34)11-31(2,37)42-30(23)26/h6-10,32,35-37H,11H2,1-5H3/t31-/m1/s1. The molecule has 1 aliphatic rings. The molecule has 0 aliphatic carbocycles. The predicted molar refractivity (Wildman–Crippen MR) is 153 cm³/mol. The molecule has 0 saturated carbocycles. The average Bonchev–Trinajstić information content (AvgIpc) is 2.91. The number of phenols is 2. The minimum absolute atomic E-state index is 0.00806. The molecule has 4 N–H and O–H groups in total. The van der Waals surface area contributed by atoms with Gasteiger partial charge in [-0.05, 0) is 30.5 Å². The third kappa shape index (κ3) is 3.77. The molecule has 216 valence electrons. The summed E-state index contributed by atoms with van der Waals surface area (Å²) in [6.45, 7) is 2.91. The van der Waals surface area contributed by atoms with Crippen molar-refractivity contribution in [3.63, 3.8) is 0 Å². The van der Waals surface area contributed by atoms with Gasteiger partial charge in [0.1, 0.15) is 62.5 Å². The van der Waals surface area contributed by atoms with E-state index in [1.807, 2.05) is 0 Å². The van der Waals surface area contributed by atoms with Crippen LogP contribution in [0.2, 0.25) is 0 Å². The molecule has 5 aromatic rings. The van der Waals surface area contributed by atoms with Crippen molar-refractivity contribution >= 4 is 38.3 Å². The minimum Gasteiger partial charge on any atom is -0.507 e. The molecule has 1 aromatic heterocycles. The van der Waals surface area contributed by atoms with Crippen LogP contribution in [0.1, 0.15) is 29.5 Å². The molecule has 4 aromatic carbocycles. The molecule has 2 heterocycles. The number of aryl methyl sites for hydroxylation is 1. The maximum atomic E-state index is 14.0. The highest BCUT2D eigenvalue weighted by Crippen LogP contribution is 2.55. The van der Waals surface area contributed by atoms with Gasteiger partial charge in [0.05, 0.1) is 44.1 Å². The Morgan fingerprint density at radius 3 is 2.24 bits per heavy atom. The summed E-state index contributed by atoms with van der Waals surface area (Å²) >= 11 is 0. The Kier molecular flexibility index (Phi) is 5.91. The van der Waals surface area contributed by atoms with E-state index in [-0.39, 0.29) is 78.0 Å². The Bertz CT molecular complexity index is 2050. The van der Waals surface area contributed by atoms with E-state index in [2.05, 4.69) is 0 Å². The van der Waals surface area contributed by atoms with Crippen molar-refractivity contribution in [2.75, 3.05) is 21.3 Å². The lowest BCUT2D eigenvalue weighted by Crippen LogP contribution is -2.39. The first-order chi connectivity index (χ1) is 19.9. The van der Waals surface area contributed by atoms with Crippen LogP contribution >= 0.6 is 0 Å². The Balaban J connectivity index is 1.88. The second kappa shape index (κ2) is 9.18. The fourth-order valence-corrected chi connectivity index (χ4v) is 5.74. The smallest absolute Gasteiger partial charge is 0.212 e. The van der Waals surface area contributed by atoms with E-state index in [1.54, 1.807) is 6.92 Å². The molecule has 0 unspecified atom stereocenters. The van der Waals surface area contributed by atoms with Crippen molar-refractivity contribution in [3.8, 4) is 51.4 Å². The number of carbonyl (C=O) groups excluding carboxylic acids is 1. The monoisotopic (exact) mass is 574 g/mol. The zero-order valence-corrected chi connectivity index (χ0v) is 23.2. The van der Waals surface area contributed by atoms with Crippen molar-refractivity contribution < 1.29 is 48.6 Å². The van der Waals surface area contributed by atoms with Crippen LogP contribution in [0.4, 0.5) is 0 Å². The van der Waals surface area contributed by atoms with E-state index in [4.69, 9.17) is 23.4 Å². The van der Waals surface area contributed by atoms with Crippen LogP contribution in [-0.2, 0) is 0 Å². The molecule has 11 nitrogen and oxygen atoms in total. The predicted octanol–water partition coefficient (Wildman–Crippen LogP) is 4.89. The highest BCUT2D eigenvalue weighted by molar-refractivity contribution is 6.18. The fraction of sp³-hybridized carbons (Fsp3) is 0.226. The molecule has 11 heteroatoms. The van der Waals surface area contributed by atoms with Gasteiger partial charge < -0.3 is 43.8 Å². The first-order valence-corrected chi connectivity index (χ1v) is 12.8. The van der Waals surface area contributed by atoms with Crippen molar-refractivity contribution in [1.82, 2.24) is 0 Å². The second-order valence-corrected chi connectivity index (χ2v) is 10.3. The summed E-state index contributed by atoms with van der Waals surface area (Å²) in [5.41, 5.74) is -0.885. The van der Waals surface area contributed by atoms with Gasteiger partial charge in [0.25, 0.3) is 0 Å². The van der Waals surface area contributed by atoms with Crippen molar-refractivity contribution in [1.29, 1.82) is 0 Å². The van der Waals surface area contributed by atoms with Gasteiger partial charge in [-0.15, -0.1) is 0 Å². The van der Waals surface area contributed by atoms with E-state index < -0.39 is 34.9 Å². The maximum absolute atomic E-state index is 14.0. The van der Waals surface area contributed by atoms with Gasteiger partial charge in [-0.3, -0.25) is 9.59 Å². The molecule has 0 radical (unpaired) electrons. The van der Waals surface area contributed by atoms with Gasteiger partial charge in [-0.2, -0.15) is 0 Å². The number of fused-ring (bicyclic) bond motifs is 4. The number of aliphatic hydroxyl groups is 1. The van der Waals surface area contributed by atoms with Gasteiger partial charge in [-0.25, -0.2) is 0 Å². The quantitative estimate of drug-likeness (QED) is 0.216. The third-order valence-electron chi connectivity index (χ3n) is 7.42. The van der Waals surface area contributed by atoms with Crippen molar-refractivity contribution in [3.05, 3.63) is 51.9 Å². The van der Waals surface area contributed by atoms with Crippen LogP contribution in [0.3, 0.4) is 0 Å². The molecule has 0 amide bonds. The normalized spacial score (nSPS) is 16.5. The molecule has 1 aliphatic heterocycles. The largest absolute Gasteiger partial charge is 0.507 e. The number of hydrogen-bond donors (Lipinski definition) is 4. The summed E-state index contributed by atoms with van der Waals surface area (Å²) < 4.78 is 28.3. The number of methoxy groups -OCH3 is 3. The second-order valence-electron chi connectivity index (χ2n) is 10.3. The fourth-order valence-electron chi connectivity index (χ4n) is 5.74. The highest BCUT2D eigenvalue weighted by Gasteiger charge is 2.41. The Labute approximate surface area is 237 Å². The van der Waals surface area contributed by atoms with Gasteiger partial charge in [-0.1, -0.05) is 0 Å². The van der Waals surface area contributed by atoms with E-state index in [9.17, 15) is 30.0 Å². The zero-order valence-electron chi connectivity index (χ0n) is 23.2. The zero-order chi connectivity index (χ0) is 30.2. The lowest BCUT2D eigenvalue weighted by Gasteiger charge is -2.33. The molecule has 0 spiro atoms. The Hall–Kier alpha value is -5.16. The van der Waals surface area contributed by atoms with Crippen LogP contribution in [-0.4, -0.2) is 53.3 Å². The number of ether oxygens (including phenoxy) is 4. The first kappa shape index (κ1) is 27.0. The lowest BCUT2D eigenvalue weighted by atomic mass is 9.86. The molecular weight excluding hydrogens is 548 g/mol. The Morgan fingerprint density at radius 1 is 0.833 bits per heavy atom. The number of benzene rings is 4. The van der Waals surface area contributed by atoms with Crippen LogP contribution in [0.5, 0.6) is 40.2 Å². The Morgan fingerprint density at radius 2 is 1.57 bits per heavy atom. The van der Waals surface area contributed by atoms with Crippen LogP contribution in [0.25, 0.3) is 43.6 Å². The molecule has 0 saturated heterocycles. The first-order valence-electron chi connectivity index (χ1n) is 12.8. The van der Waals surface area contributed by atoms with Crippen molar-refractivity contribution in [2.45, 2.75) is 26.1 Å². The van der Waals surface area contributed by atoms with E-state index in [1.165, 1.54) is 58.6 Å². The summed E-state index contributed by atoms with van der Waals surface area (Å²) in [7, 11) is 4.08. The van der Waals surface area contributed by atoms with E-state index in [0.717, 1.165) is 0 Å². The highest BCUT2D eigenvalue weighted by atomic mass is 16.6. The summed E-state index contributed by atoms with van der Waals surface area (Å²) in [6.07, 6.45) is -0.467. The number of Topliss-reactive ketones (excluding diaryl/α,β-unsaturated/α-hetero) is 1. The third-order valence-corrected chi connectivity index (χ3v) is 7.42. The van der Waals surface area contributed by atoms with Gasteiger partial charge in [0, 0.05) is 30.0 Å². The average molecular weight is 575 g/mol. The SMILES string of the molecule is COc1cc(OC)c2c(O)c3c(c(-c4c(OC)c5c(O)c6c(O)cc(C)oc6cc5cc4=O)c2c1)O[C@@](C)(O)CC3=O. The van der Waals surface area contributed by atoms with Crippen LogP contribution in [0.15, 0.2) is 39.5 Å². The number of phenolic OH excluding ortho intramolecular Hbond substituents is 2. The molecular formula is C31H26O11.